The molecule has 0 saturated heterocycles. The molecular weight excluding hydrogens is 395 g/mol. The smallest absolute Gasteiger partial charge is 0.137 e. The van der Waals surface area contributed by atoms with Crippen LogP contribution in [0.3, 0.4) is 0 Å². The van der Waals surface area contributed by atoms with Crippen molar-refractivity contribution in [3.8, 4) is 0 Å². The SMILES string of the molecule is Fc1ccc(C(Br)Cc2ccc3ccccc3c2)cc1Br. The fourth-order valence-corrected chi connectivity index (χ4v) is 3.45. The minimum absolute atomic E-state index is 0.163. The number of hydrogen-bond acceptors (Lipinski definition) is 0. The molecule has 0 fully saturated rings. The molecule has 0 amide bonds. The molecule has 0 nitrogen and oxygen atoms in total. The van der Waals surface area contributed by atoms with E-state index in [9.17, 15) is 4.39 Å². The molecule has 0 N–H and O–H groups in total. The maximum atomic E-state index is 13.3. The van der Waals surface area contributed by atoms with Gasteiger partial charge in [-0.15, -0.1) is 0 Å². The molecule has 0 heterocycles. The second-order valence-corrected chi connectivity index (χ2v) is 6.99. The van der Waals surface area contributed by atoms with Gasteiger partial charge in [0.1, 0.15) is 5.82 Å². The lowest BCUT2D eigenvalue weighted by Gasteiger charge is -2.12. The van der Waals surface area contributed by atoms with Gasteiger partial charge in [0, 0.05) is 4.83 Å². The second-order valence-electron chi connectivity index (χ2n) is 5.03. The molecule has 106 valence electrons. The van der Waals surface area contributed by atoms with Gasteiger partial charge in [-0.05, 0) is 56.4 Å². The van der Waals surface area contributed by atoms with Crippen LogP contribution in [0.2, 0.25) is 0 Å². The summed E-state index contributed by atoms with van der Waals surface area (Å²) < 4.78 is 13.8. The van der Waals surface area contributed by atoms with E-state index in [1.54, 1.807) is 0 Å². The molecule has 0 radical (unpaired) electrons. The van der Waals surface area contributed by atoms with E-state index in [2.05, 4.69) is 68.3 Å². The van der Waals surface area contributed by atoms with Gasteiger partial charge < -0.3 is 0 Å². The van der Waals surface area contributed by atoms with Gasteiger partial charge in [-0.3, -0.25) is 0 Å². The maximum Gasteiger partial charge on any atom is 0.137 e. The molecule has 3 aromatic carbocycles. The normalized spacial score (nSPS) is 12.5. The van der Waals surface area contributed by atoms with Crippen molar-refractivity contribution in [2.45, 2.75) is 11.2 Å². The molecule has 0 aliphatic rings. The summed E-state index contributed by atoms with van der Waals surface area (Å²) in [7, 11) is 0. The molecular formula is C18H13Br2F. The summed E-state index contributed by atoms with van der Waals surface area (Å²) in [5.41, 5.74) is 2.33. The Bertz CT molecular complexity index is 783. The third-order valence-corrected chi connectivity index (χ3v) is 4.99. The quantitative estimate of drug-likeness (QED) is 0.439. The molecule has 0 bridgehead atoms. The minimum Gasteiger partial charge on any atom is -0.206 e. The Morgan fingerprint density at radius 3 is 2.43 bits per heavy atom. The molecule has 0 aliphatic heterocycles. The predicted molar refractivity (Wildman–Crippen MR) is 93.4 cm³/mol. The topological polar surface area (TPSA) is 0 Å². The van der Waals surface area contributed by atoms with Gasteiger partial charge in [0.25, 0.3) is 0 Å². The van der Waals surface area contributed by atoms with E-state index in [-0.39, 0.29) is 10.6 Å². The van der Waals surface area contributed by atoms with Gasteiger partial charge in [0.05, 0.1) is 4.47 Å². The van der Waals surface area contributed by atoms with Crippen molar-refractivity contribution >= 4 is 42.6 Å². The lowest BCUT2D eigenvalue weighted by Crippen LogP contribution is -1.96. The maximum absolute atomic E-state index is 13.3. The predicted octanol–water partition coefficient (Wildman–Crippen LogP) is 6.42. The Hall–Kier alpha value is -1.19. The van der Waals surface area contributed by atoms with Crippen LogP contribution in [0.4, 0.5) is 4.39 Å². The largest absolute Gasteiger partial charge is 0.206 e. The van der Waals surface area contributed by atoms with E-state index in [1.807, 2.05) is 18.2 Å². The first-order chi connectivity index (χ1) is 10.1. The van der Waals surface area contributed by atoms with Gasteiger partial charge in [-0.25, -0.2) is 4.39 Å². The number of hydrogen-bond donors (Lipinski definition) is 0. The van der Waals surface area contributed by atoms with Crippen LogP contribution in [0.1, 0.15) is 16.0 Å². The molecule has 0 saturated carbocycles. The van der Waals surface area contributed by atoms with Crippen molar-refractivity contribution < 1.29 is 4.39 Å². The van der Waals surface area contributed by atoms with Gasteiger partial charge in [0.2, 0.25) is 0 Å². The van der Waals surface area contributed by atoms with Crippen LogP contribution in [-0.4, -0.2) is 0 Å². The molecule has 0 aromatic heterocycles. The zero-order valence-corrected chi connectivity index (χ0v) is 14.4. The van der Waals surface area contributed by atoms with Crippen LogP contribution < -0.4 is 0 Å². The van der Waals surface area contributed by atoms with E-state index in [0.717, 1.165) is 12.0 Å². The zero-order valence-electron chi connectivity index (χ0n) is 11.2. The summed E-state index contributed by atoms with van der Waals surface area (Å²) in [4.78, 5) is 0.163. The Balaban J connectivity index is 1.85. The Morgan fingerprint density at radius 2 is 1.67 bits per heavy atom. The number of benzene rings is 3. The molecule has 3 heteroatoms. The van der Waals surface area contributed by atoms with Gasteiger partial charge >= 0.3 is 0 Å². The standard InChI is InChI=1S/C18H13Br2F/c19-16(15-7-8-18(21)17(20)11-15)10-12-5-6-13-3-1-2-4-14(13)9-12/h1-9,11,16H,10H2. The van der Waals surface area contributed by atoms with Crippen LogP contribution in [0.25, 0.3) is 10.8 Å². The second kappa shape index (κ2) is 6.29. The van der Waals surface area contributed by atoms with Gasteiger partial charge in [0.15, 0.2) is 0 Å². The Labute approximate surface area is 140 Å². The van der Waals surface area contributed by atoms with Gasteiger partial charge in [-0.2, -0.15) is 0 Å². The molecule has 21 heavy (non-hydrogen) atoms. The summed E-state index contributed by atoms with van der Waals surface area (Å²) in [6.45, 7) is 0. The van der Waals surface area contributed by atoms with Crippen molar-refractivity contribution in [3.63, 3.8) is 0 Å². The first kappa shape index (κ1) is 14.7. The highest BCUT2D eigenvalue weighted by Gasteiger charge is 2.11. The van der Waals surface area contributed by atoms with Crippen LogP contribution in [-0.2, 0) is 6.42 Å². The van der Waals surface area contributed by atoms with Crippen LogP contribution in [0, 0.1) is 5.82 Å². The zero-order chi connectivity index (χ0) is 14.8. The Kier molecular flexibility index (Phi) is 4.41. The van der Waals surface area contributed by atoms with Crippen LogP contribution in [0.15, 0.2) is 65.1 Å². The molecule has 1 atom stereocenters. The minimum atomic E-state index is -0.232. The highest BCUT2D eigenvalue weighted by atomic mass is 79.9. The summed E-state index contributed by atoms with van der Waals surface area (Å²) in [5, 5.41) is 2.49. The summed E-state index contributed by atoms with van der Waals surface area (Å²) in [5.74, 6) is -0.232. The number of halogens is 3. The first-order valence-corrected chi connectivity index (χ1v) is 8.41. The van der Waals surface area contributed by atoms with Crippen LogP contribution in [0.5, 0.6) is 0 Å². The third-order valence-electron chi connectivity index (χ3n) is 3.53. The molecule has 3 aromatic rings. The van der Waals surface area contributed by atoms with E-state index >= 15 is 0 Å². The van der Waals surface area contributed by atoms with Crippen molar-refractivity contribution in [2.75, 3.05) is 0 Å². The summed E-state index contributed by atoms with van der Waals surface area (Å²) in [6.07, 6.45) is 0.864. The number of alkyl halides is 1. The lowest BCUT2D eigenvalue weighted by atomic mass is 10.0. The Morgan fingerprint density at radius 1 is 0.905 bits per heavy atom. The van der Waals surface area contributed by atoms with E-state index in [4.69, 9.17) is 0 Å². The van der Waals surface area contributed by atoms with E-state index in [0.29, 0.717) is 4.47 Å². The third kappa shape index (κ3) is 3.35. The fraction of sp³-hybridized carbons (Fsp3) is 0.111. The van der Waals surface area contributed by atoms with Crippen molar-refractivity contribution in [3.05, 3.63) is 82.1 Å². The summed E-state index contributed by atoms with van der Waals surface area (Å²) in [6, 6.07) is 20.0. The lowest BCUT2D eigenvalue weighted by molar-refractivity contribution is 0.620. The average Bonchev–Trinajstić information content (AvgIpc) is 2.50. The fourth-order valence-electron chi connectivity index (χ4n) is 2.40. The van der Waals surface area contributed by atoms with Crippen molar-refractivity contribution in [1.29, 1.82) is 0 Å². The van der Waals surface area contributed by atoms with E-state index in [1.165, 1.54) is 22.4 Å². The molecule has 1 unspecified atom stereocenters. The first-order valence-electron chi connectivity index (χ1n) is 6.70. The summed E-state index contributed by atoms with van der Waals surface area (Å²) >= 11 is 6.94. The van der Waals surface area contributed by atoms with Gasteiger partial charge in [-0.1, -0.05) is 64.5 Å². The highest BCUT2D eigenvalue weighted by Crippen LogP contribution is 2.30. The number of fused-ring (bicyclic) bond motifs is 1. The monoisotopic (exact) mass is 406 g/mol. The molecule has 3 rings (SSSR count). The highest BCUT2D eigenvalue weighted by molar-refractivity contribution is 9.10. The molecule has 0 aliphatic carbocycles. The van der Waals surface area contributed by atoms with Crippen molar-refractivity contribution in [1.82, 2.24) is 0 Å². The average molecular weight is 408 g/mol. The van der Waals surface area contributed by atoms with Crippen molar-refractivity contribution in [2.24, 2.45) is 0 Å². The molecule has 0 spiro atoms. The number of rotatable bonds is 3. The van der Waals surface area contributed by atoms with Crippen LogP contribution >= 0.6 is 31.9 Å². The van der Waals surface area contributed by atoms with E-state index < -0.39 is 0 Å².